The molecule has 0 unspecified atom stereocenters. The molecule has 0 spiro atoms. The zero-order chi connectivity index (χ0) is 26.7. The molecular formula is C35H22NO3P. The van der Waals surface area contributed by atoms with Crippen LogP contribution in [0, 0.1) is 0 Å². The van der Waals surface area contributed by atoms with Gasteiger partial charge in [-0.05, 0) is 59.7 Å². The van der Waals surface area contributed by atoms with E-state index in [1.54, 1.807) is 12.4 Å². The van der Waals surface area contributed by atoms with Gasteiger partial charge in [-0.2, -0.15) is 0 Å². The first-order chi connectivity index (χ1) is 19.7. The number of nitrogens with zero attached hydrogens (tertiary/aromatic N) is 1. The maximum absolute atomic E-state index is 15.0. The molecule has 3 aromatic heterocycles. The molecule has 8 aromatic rings. The third kappa shape index (κ3) is 3.47. The van der Waals surface area contributed by atoms with Gasteiger partial charge >= 0.3 is 0 Å². The van der Waals surface area contributed by atoms with Gasteiger partial charge in [-0.1, -0.05) is 72.8 Å². The van der Waals surface area contributed by atoms with E-state index in [0.717, 1.165) is 70.9 Å². The minimum Gasteiger partial charge on any atom is -0.456 e. The Labute approximate surface area is 229 Å². The summed E-state index contributed by atoms with van der Waals surface area (Å²) in [5.41, 5.74) is 5.33. The summed E-state index contributed by atoms with van der Waals surface area (Å²) in [6.45, 7) is 0. The fourth-order valence-corrected chi connectivity index (χ4v) is 8.35. The number of rotatable bonds is 4. The topological polar surface area (TPSA) is 56.2 Å². The van der Waals surface area contributed by atoms with Gasteiger partial charge in [0.1, 0.15) is 16.7 Å². The zero-order valence-electron chi connectivity index (χ0n) is 21.3. The van der Waals surface area contributed by atoms with Gasteiger partial charge in [0, 0.05) is 43.7 Å². The third-order valence-electron chi connectivity index (χ3n) is 7.66. The van der Waals surface area contributed by atoms with Gasteiger partial charge in [0.2, 0.25) is 0 Å². The molecule has 0 saturated heterocycles. The molecule has 4 nitrogen and oxygen atoms in total. The third-order valence-corrected chi connectivity index (χ3v) is 10.7. The number of aromatic nitrogens is 1. The molecular weight excluding hydrogens is 513 g/mol. The van der Waals surface area contributed by atoms with E-state index in [4.69, 9.17) is 8.83 Å². The summed E-state index contributed by atoms with van der Waals surface area (Å²) in [5.74, 6) is 0. The van der Waals surface area contributed by atoms with Crippen LogP contribution >= 0.6 is 7.14 Å². The largest absolute Gasteiger partial charge is 0.456 e. The van der Waals surface area contributed by atoms with Crippen molar-refractivity contribution in [3.8, 4) is 11.1 Å². The van der Waals surface area contributed by atoms with Crippen LogP contribution in [0.4, 0.5) is 0 Å². The van der Waals surface area contributed by atoms with Gasteiger partial charge in [-0.15, -0.1) is 0 Å². The normalized spacial score (nSPS) is 12.1. The highest BCUT2D eigenvalue weighted by Crippen LogP contribution is 2.44. The van der Waals surface area contributed by atoms with Gasteiger partial charge in [0.05, 0.1) is 6.20 Å². The Morgan fingerprint density at radius 1 is 0.475 bits per heavy atom. The van der Waals surface area contributed by atoms with Crippen molar-refractivity contribution in [1.82, 2.24) is 4.98 Å². The van der Waals surface area contributed by atoms with Crippen molar-refractivity contribution in [3.05, 3.63) is 134 Å². The number of pyridine rings is 1. The number of hydrogen-bond donors (Lipinski definition) is 0. The number of fused-ring (bicyclic) bond motifs is 6. The van der Waals surface area contributed by atoms with Crippen molar-refractivity contribution >= 4 is 66.9 Å². The van der Waals surface area contributed by atoms with Crippen LogP contribution in [0.15, 0.2) is 143 Å². The van der Waals surface area contributed by atoms with Crippen LogP contribution in [-0.2, 0) is 4.57 Å². The van der Waals surface area contributed by atoms with Crippen LogP contribution in [-0.4, -0.2) is 4.98 Å². The second kappa shape index (κ2) is 8.81. The van der Waals surface area contributed by atoms with Crippen LogP contribution in [0.3, 0.4) is 0 Å². The Morgan fingerprint density at radius 3 is 1.62 bits per heavy atom. The monoisotopic (exact) mass is 535 g/mol. The second-order valence-corrected chi connectivity index (χ2v) is 12.7. The molecule has 0 fully saturated rings. The summed E-state index contributed by atoms with van der Waals surface area (Å²) in [5, 5.41) is 6.44. The first kappa shape index (κ1) is 23.0. The van der Waals surface area contributed by atoms with E-state index >= 15 is 0 Å². The number of furan rings is 2. The summed E-state index contributed by atoms with van der Waals surface area (Å²) in [6.07, 6.45) is 3.54. The zero-order valence-corrected chi connectivity index (χ0v) is 22.2. The lowest BCUT2D eigenvalue weighted by Crippen LogP contribution is -2.24. The van der Waals surface area contributed by atoms with Gasteiger partial charge < -0.3 is 13.4 Å². The van der Waals surface area contributed by atoms with E-state index < -0.39 is 7.14 Å². The average molecular weight is 536 g/mol. The smallest absolute Gasteiger partial charge is 0.171 e. The molecule has 40 heavy (non-hydrogen) atoms. The van der Waals surface area contributed by atoms with Crippen LogP contribution in [0.2, 0.25) is 0 Å². The van der Waals surface area contributed by atoms with E-state index in [0.29, 0.717) is 0 Å². The second-order valence-electron chi connectivity index (χ2n) is 9.96. The highest BCUT2D eigenvalue weighted by molar-refractivity contribution is 7.85. The van der Waals surface area contributed by atoms with Crippen molar-refractivity contribution in [2.24, 2.45) is 0 Å². The van der Waals surface area contributed by atoms with Crippen molar-refractivity contribution < 1.29 is 13.4 Å². The first-order valence-electron chi connectivity index (χ1n) is 13.1. The minimum atomic E-state index is -3.11. The van der Waals surface area contributed by atoms with Crippen LogP contribution < -0.4 is 15.9 Å². The fraction of sp³-hybridized carbons (Fsp3) is 0. The van der Waals surface area contributed by atoms with Crippen LogP contribution in [0.5, 0.6) is 0 Å². The summed E-state index contributed by atoms with van der Waals surface area (Å²) in [4.78, 5) is 4.18. The Kier molecular flexibility index (Phi) is 5.07. The first-order valence-corrected chi connectivity index (χ1v) is 14.8. The van der Waals surface area contributed by atoms with E-state index in [1.165, 1.54) is 0 Å². The highest BCUT2D eigenvalue weighted by atomic mass is 31.2. The number of benzene rings is 5. The lowest BCUT2D eigenvalue weighted by Gasteiger charge is -2.20. The SMILES string of the molecule is O=P(c1ccccc1)(c1ccccc1)c1ccc2oc3ccc(-c4ccc5oc6cnccc6c5c4)cc3c2c1. The predicted molar refractivity (Wildman–Crippen MR) is 164 cm³/mol. The summed E-state index contributed by atoms with van der Waals surface area (Å²) in [7, 11) is -3.11. The quantitative estimate of drug-likeness (QED) is 0.213. The summed E-state index contributed by atoms with van der Waals surface area (Å²) < 4.78 is 27.2. The van der Waals surface area contributed by atoms with Crippen molar-refractivity contribution in [3.63, 3.8) is 0 Å². The van der Waals surface area contributed by atoms with E-state index in [1.807, 2.05) is 97.1 Å². The summed E-state index contributed by atoms with van der Waals surface area (Å²) >= 11 is 0. The minimum absolute atomic E-state index is 0.771. The van der Waals surface area contributed by atoms with Gasteiger partial charge in [0.25, 0.3) is 0 Å². The van der Waals surface area contributed by atoms with Crippen molar-refractivity contribution in [2.45, 2.75) is 0 Å². The molecule has 3 heterocycles. The van der Waals surface area contributed by atoms with Crippen molar-refractivity contribution in [1.29, 1.82) is 0 Å². The molecule has 0 saturated carbocycles. The van der Waals surface area contributed by atoms with E-state index in [2.05, 4.69) is 29.2 Å². The molecule has 0 radical (unpaired) electrons. The molecule has 8 rings (SSSR count). The molecule has 0 amide bonds. The molecule has 0 atom stereocenters. The maximum Gasteiger partial charge on any atom is 0.171 e. The molecule has 0 aliphatic carbocycles. The van der Waals surface area contributed by atoms with E-state index in [9.17, 15) is 4.57 Å². The highest BCUT2D eigenvalue weighted by Gasteiger charge is 2.30. The molecule has 0 aliphatic rings. The van der Waals surface area contributed by atoms with Crippen LogP contribution in [0.25, 0.3) is 55.0 Å². The summed E-state index contributed by atoms with van der Waals surface area (Å²) in [6, 6.07) is 39.9. The van der Waals surface area contributed by atoms with Gasteiger partial charge in [-0.3, -0.25) is 4.98 Å². The molecule has 5 aromatic carbocycles. The van der Waals surface area contributed by atoms with Gasteiger partial charge in [-0.25, -0.2) is 0 Å². The Bertz CT molecular complexity index is 2200. The van der Waals surface area contributed by atoms with Crippen LogP contribution in [0.1, 0.15) is 0 Å². The Morgan fingerprint density at radius 2 is 1.00 bits per heavy atom. The van der Waals surface area contributed by atoms with Crippen molar-refractivity contribution in [2.75, 3.05) is 0 Å². The predicted octanol–water partition coefficient (Wildman–Crippen LogP) is 8.19. The van der Waals surface area contributed by atoms with E-state index in [-0.39, 0.29) is 0 Å². The molecule has 5 heteroatoms. The molecule has 0 N–H and O–H groups in total. The standard InChI is InChI=1S/C35H22NO3P/c37-40(25-7-3-1-4-8-25,26-9-5-2-6-10-26)27-13-16-34-31(21-27)30-20-24(12-15-33(30)38-34)23-11-14-32-29(19-23)28-17-18-36-22-35(28)39-32/h1-22H. The maximum atomic E-state index is 15.0. The Balaban J connectivity index is 1.32. The lowest BCUT2D eigenvalue weighted by atomic mass is 10.0. The average Bonchev–Trinajstić information content (AvgIpc) is 3.58. The van der Waals surface area contributed by atoms with Gasteiger partial charge in [0.15, 0.2) is 12.7 Å². The molecule has 0 bridgehead atoms. The molecule has 190 valence electrons. The molecule has 0 aliphatic heterocycles. The Hall–Kier alpha value is -4.92. The number of hydrogen-bond acceptors (Lipinski definition) is 4. The fourth-order valence-electron chi connectivity index (χ4n) is 5.68. The lowest BCUT2D eigenvalue weighted by molar-refractivity contribution is 0.592.